The smallest absolute Gasteiger partial charge is 0.225 e. The highest BCUT2D eigenvalue weighted by Gasteiger charge is 2.18. The molecule has 2 aromatic carbocycles. The molecule has 32 heavy (non-hydrogen) atoms. The number of rotatable bonds is 7. The molecule has 0 unspecified atom stereocenters. The third-order valence-corrected chi connectivity index (χ3v) is 7.12. The lowest BCUT2D eigenvalue weighted by Gasteiger charge is -2.18. The molecule has 5 rings (SSSR count). The van der Waals surface area contributed by atoms with Crippen molar-refractivity contribution in [2.45, 2.75) is 12.8 Å². The molecule has 0 atom stereocenters. The molecule has 0 aliphatic carbocycles. The number of thiazole rings is 1. The molecule has 0 bridgehead atoms. The average molecular weight is 463 g/mol. The largest absolute Gasteiger partial charge is 0.486 e. The molecule has 0 saturated carbocycles. The zero-order valence-corrected chi connectivity index (χ0v) is 19.0. The topological polar surface area (TPSA) is 60.5 Å². The monoisotopic (exact) mass is 462 g/mol. The van der Waals surface area contributed by atoms with Crippen molar-refractivity contribution < 1.29 is 14.3 Å². The number of ether oxygens (including phenoxy) is 2. The highest BCUT2D eigenvalue weighted by atomic mass is 32.1. The summed E-state index contributed by atoms with van der Waals surface area (Å²) < 4.78 is 11.2. The van der Waals surface area contributed by atoms with Crippen molar-refractivity contribution in [3.63, 3.8) is 0 Å². The van der Waals surface area contributed by atoms with Crippen LogP contribution in [0.3, 0.4) is 0 Å². The van der Waals surface area contributed by atoms with Crippen LogP contribution in [-0.4, -0.2) is 30.6 Å². The molecule has 5 nitrogen and oxygen atoms in total. The minimum absolute atomic E-state index is 0.00334. The fraction of sp³-hybridized carbons (Fsp3) is 0.200. The number of amides is 1. The van der Waals surface area contributed by atoms with E-state index in [1.165, 1.54) is 0 Å². The zero-order chi connectivity index (χ0) is 21.8. The van der Waals surface area contributed by atoms with Gasteiger partial charge in [-0.1, -0.05) is 42.5 Å². The summed E-state index contributed by atoms with van der Waals surface area (Å²) in [4.78, 5) is 19.7. The van der Waals surface area contributed by atoms with Crippen molar-refractivity contribution >= 4 is 28.6 Å². The van der Waals surface area contributed by atoms with Crippen LogP contribution in [0.2, 0.25) is 0 Å². The van der Waals surface area contributed by atoms with Gasteiger partial charge >= 0.3 is 0 Å². The molecular weight excluding hydrogens is 440 g/mol. The van der Waals surface area contributed by atoms with E-state index in [0.717, 1.165) is 49.5 Å². The Morgan fingerprint density at radius 2 is 1.84 bits per heavy atom. The van der Waals surface area contributed by atoms with E-state index in [9.17, 15) is 4.79 Å². The second kappa shape index (κ2) is 9.54. The maximum absolute atomic E-state index is 12.7. The summed E-state index contributed by atoms with van der Waals surface area (Å²) in [7, 11) is 0. The van der Waals surface area contributed by atoms with E-state index in [0.29, 0.717) is 26.2 Å². The highest BCUT2D eigenvalue weighted by Crippen LogP contribution is 2.36. The summed E-state index contributed by atoms with van der Waals surface area (Å²) in [5.41, 5.74) is 3.09. The van der Waals surface area contributed by atoms with Crippen LogP contribution >= 0.6 is 22.7 Å². The molecule has 0 radical (unpaired) electrons. The van der Waals surface area contributed by atoms with Gasteiger partial charge in [-0.3, -0.25) is 4.79 Å². The van der Waals surface area contributed by atoms with Gasteiger partial charge in [0.15, 0.2) is 11.5 Å². The first kappa shape index (κ1) is 20.7. The van der Waals surface area contributed by atoms with Crippen LogP contribution in [0.25, 0.3) is 21.1 Å². The molecule has 1 aliphatic heterocycles. The molecule has 1 N–H and O–H groups in total. The predicted octanol–water partition coefficient (Wildman–Crippen LogP) is 5.21. The maximum atomic E-state index is 12.7. The van der Waals surface area contributed by atoms with Gasteiger partial charge in [0, 0.05) is 17.0 Å². The van der Waals surface area contributed by atoms with Gasteiger partial charge in [0.2, 0.25) is 5.91 Å². The van der Waals surface area contributed by atoms with Gasteiger partial charge in [0.1, 0.15) is 18.2 Å². The number of carbonyl (C=O) groups excluding carboxylic acids is 1. The predicted molar refractivity (Wildman–Crippen MR) is 129 cm³/mol. The Bertz CT molecular complexity index is 1200. The molecule has 3 heterocycles. The van der Waals surface area contributed by atoms with Crippen LogP contribution in [0.4, 0.5) is 0 Å². The number of nitrogens with zero attached hydrogens (tertiary/aromatic N) is 1. The summed E-state index contributed by atoms with van der Waals surface area (Å²) in [5.74, 6) is 1.56. The van der Waals surface area contributed by atoms with Crippen molar-refractivity contribution in [1.29, 1.82) is 0 Å². The van der Waals surface area contributed by atoms with Crippen LogP contribution in [0.15, 0.2) is 66.0 Å². The fourth-order valence-corrected chi connectivity index (χ4v) is 5.47. The van der Waals surface area contributed by atoms with Gasteiger partial charge in [-0.05, 0) is 35.6 Å². The number of hydrogen-bond donors (Lipinski definition) is 1. The van der Waals surface area contributed by atoms with E-state index in [1.807, 2.05) is 60.0 Å². The third kappa shape index (κ3) is 4.69. The number of thiophene rings is 1. The molecule has 2 aromatic heterocycles. The quantitative estimate of drug-likeness (QED) is 0.410. The first-order valence-corrected chi connectivity index (χ1v) is 12.2. The Balaban J connectivity index is 1.25. The first-order valence-electron chi connectivity index (χ1n) is 10.5. The Labute approximate surface area is 194 Å². The van der Waals surface area contributed by atoms with Gasteiger partial charge in [0.25, 0.3) is 0 Å². The Hall–Kier alpha value is -3.16. The lowest BCUT2D eigenvalue weighted by molar-refractivity contribution is -0.120. The van der Waals surface area contributed by atoms with Crippen LogP contribution in [0, 0.1) is 0 Å². The summed E-state index contributed by atoms with van der Waals surface area (Å²) in [6.07, 6.45) is 1.05. The number of fused-ring (bicyclic) bond motifs is 1. The van der Waals surface area contributed by atoms with Crippen molar-refractivity contribution in [3.05, 3.63) is 76.5 Å². The molecule has 0 saturated heterocycles. The van der Waals surface area contributed by atoms with Crippen molar-refractivity contribution in [2.24, 2.45) is 0 Å². The van der Waals surface area contributed by atoms with Gasteiger partial charge in [-0.15, -0.1) is 22.7 Å². The molecule has 7 heteroatoms. The minimum Gasteiger partial charge on any atom is -0.486 e. The SMILES string of the molecule is O=C(Cc1sc(-c2ccccc2)nc1-c1cccs1)NCCc1ccc2c(c1)OCCO2. The van der Waals surface area contributed by atoms with Crippen molar-refractivity contribution in [2.75, 3.05) is 19.8 Å². The van der Waals surface area contributed by atoms with Crippen LogP contribution in [-0.2, 0) is 17.6 Å². The lowest BCUT2D eigenvalue weighted by atomic mass is 10.1. The number of hydrogen-bond acceptors (Lipinski definition) is 6. The number of nitrogens with one attached hydrogen (secondary N) is 1. The summed E-state index contributed by atoms with van der Waals surface area (Å²) in [6.45, 7) is 1.72. The number of carbonyl (C=O) groups is 1. The second-order valence-electron chi connectivity index (χ2n) is 7.39. The first-order chi connectivity index (χ1) is 15.8. The lowest BCUT2D eigenvalue weighted by Crippen LogP contribution is -2.27. The highest BCUT2D eigenvalue weighted by molar-refractivity contribution is 7.17. The van der Waals surface area contributed by atoms with Crippen LogP contribution in [0.5, 0.6) is 11.5 Å². The van der Waals surface area contributed by atoms with E-state index in [4.69, 9.17) is 14.5 Å². The zero-order valence-electron chi connectivity index (χ0n) is 17.4. The van der Waals surface area contributed by atoms with Crippen LogP contribution < -0.4 is 14.8 Å². The van der Waals surface area contributed by atoms with E-state index >= 15 is 0 Å². The standard InChI is InChI=1S/C25H22N2O3S2/c28-23(26-11-10-17-8-9-19-20(15-17)30-13-12-29-19)16-22-24(21-7-4-14-31-21)27-25(32-22)18-5-2-1-3-6-18/h1-9,14-15H,10-13,16H2,(H,26,28). The van der Waals surface area contributed by atoms with Gasteiger partial charge in [-0.25, -0.2) is 4.98 Å². The maximum Gasteiger partial charge on any atom is 0.225 e. The number of aromatic nitrogens is 1. The summed E-state index contributed by atoms with van der Waals surface area (Å²) >= 11 is 3.23. The Morgan fingerprint density at radius 1 is 1.00 bits per heavy atom. The molecule has 0 fully saturated rings. The summed E-state index contributed by atoms with van der Waals surface area (Å²) in [5, 5.41) is 6.03. The molecule has 1 amide bonds. The molecule has 4 aromatic rings. The van der Waals surface area contributed by atoms with E-state index in [1.54, 1.807) is 22.7 Å². The van der Waals surface area contributed by atoms with Crippen molar-refractivity contribution in [3.8, 4) is 32.6 Å². The molecule has 1 aliphatic rings. The van der Waals surface area contributed by atoms with Gasteiger partial charge in [0.05, 0.1) is 17.0 Å². The normalized spacial score (nSPS) is 12.5. The van der Waals surface area contributed by atoms with Crippen molar-refractivity contribution in [1.82, 2.24) is 10.3 Å². The van der Waals surface area contributed by atoms with E-state index in [2.05, 4.69) is 11.4 Å². The minimum atomic E-state index is 0.00334. The van der Waals surface area contributed by atoms with Gasteiger partial charge in [-0.2, -0.15) is 0 Å². The Kier molecular flexibility index (Phi) is 6.18. The van der Waals surface area contributed by atoms with Gasteiger partial charge < -0.3 is 14.8 Å². The summed E-state index contributed by atoms with van der Waals surface area (Å²) in [6, 6.07) is 20.1. The van der Waals surface area contributed by atoms with E-state index < -0.39 is 0 Å². The average Bonchev–Trinajstić information content (AvgIpc) is 3.50. The second-order valence-corrected chi connectivity index (χ2v) is 9.42. The molecular formula is C25H22N2O3S2. The Morgan fingerprint density at radius 3 is 2.66 bits per heavy atom. The number of benzene rings is 2. The third-order valence-electron chi connectivity index (χ3n) is 5.14. The molecule has 162 valence electrons. The molecule has 0 spiro atoms. The fourth-order valence-electron chi connectivity index (χ4n) is 3.58. The van der Waals surface area contributed by atoms with E-state index in [-0.39, 0.29) is 5.91 Å². The van der Waals surface area contributed by atoms with Crippen LogP contribution in [0.1, 0.15) is 10.4 Å².